The number of nitrogens with two attached hydrogens (primary N) is 1. The third kappa shape index (κ3) is 4.68. The number of piperidine rings is 1. The normalized spacial score (nSPS) is 21.5. The number of rotatable bonds is 6. The van der Waals surface area contributed by atoms with Gasteiger partial charge in [-0.3, -0.25) is 9.59 Å². The molecule has 0 radical (unpaired) electrons. The first-order valence-corrected chi connectivity index (χ1v) is 9.94. The van der Waals surface area contributed by atoms with Crippen molar-refractivity contribution in [2.24, 2.45) is 11.1 Å². The average molecular weight is 373 g/mol. The molecule has 0 aromatic heterocycles. The van der Waals surface area contributed by atoms with Gasteiger partial charge in [0.1, 0.15) is 6.04 Å². The van der Waals surface area contributed by atoms with E-state index in [0.717, 1.165) is 38.8 Å². The molecule has 148 valence electrons. The fourth-order valence-corrected chi connectivity index (χ4v) is 4.26. The summed E-state index contributed by atoms with van der Waals surface area (Å²) in [7, 11) is 0. The molecule has 0 saturated carbocycles. The maximum absolute atomic E-state index is 12.5. The average Bonchev–Trinajstić information content (AvgIpc) is 2.97. The quantitative estimate of drug-likeness (QED) is 0.784. The Labute approximate surface area is 161 Å². The molecule has 1 spiro atoms. The predicted octanol–water partition coefficient (Wildman–Crippen LogP) is 1.17. The first-order chi connectivity index (χ1) is 12.9. The van der Waals surface area contributed by atoms with Crippen LogP contribution in [0, 0.1) is 5.41 Å². The second kappa shape index (κ2) is 8.40. The molecule has 2 amide bonds. The van der Waals surface area contributed by atoms with Crippen LogP contribution in [0.1, 0.15) is 38.2 Å². The molecule has 2 saturated heterocycles. The zero-order valence-corrected chi connectivity index (χ0v) is 16.1. The Balaban J connectivity index is 1.48. The number of likely N-dealkylation sites (tertiary alicyclic amines) is 2. The number of aryl methyl sites for hydroxylation is 1. The third-order valence-corrected chi connectivity index (χ3v) is 6.08. The molecule has 2 aliphatic rings. The largest absolute Gasteiger partial charge is 0.391 e. The lowest BCUT2D eigenvalue weighted by Crippen LogP contribution is -2.53. The Morgan fingerprint density at radius 3 is 2.56 bits per heavy atom. The maximum atomic E-state index is 12.5. The van der Waals surface area contributed by atoms with Gasteiger partial charge in [-0.05, 0) is 38.2 Å². The fraction of sp³-hybridized carbons (Fsp3) is 0.619. The van der Waals surface area contributed by atoms with Crippen molar-refractivity contribution in [3.63, 3.8) is 0 Å². The molecule has 2 aliphatic heterocycles. The Kier molecular flexibility index (Phi) is 6.17. The van der Waals surface area contributed by atoms with Gasteiger partial charge in [-0.2, -0.15) is 0 Å². The Bertz CT molecular complexity index is 654. The molecule has 2 atom stereocenters. The molecular weight excluding hydrogens is 342 g/mol. The lowest BCUT2D eigenvalue weighted by molar-refractivity contribution is -0.137. The molecule has 0 bridgehead atoms. The summed E-state index contributed by atoms with van der Waals surface area (Å²) in [6.45, 7) is 4.36. The van der Waals surface area contributed by atoms with Crippen LogP contribution in [-0.2, 0) is 16.0 Å². The molecule has 2 fully saturated rings. The molecule has 6 heteroatoms. The van der Waals surface area contributed by atoms with Crippen LogP contribution in [0.4, 0.5) is 0 Å². The minimum atomic E-state index is -0.862. The van der Waals surface area contributed by atoms with Crippen LogP contribution in [0.3, 0.4) is 0 Å². The summed E-state index contributed by atoms with van der Waals surface area (Å²) in [6.07, 6.45) is 3.35. The van der Waals surface area contributed by atoms with Crippen molar-refractivity contribution in [2.45, 2.75) is 51.2 Å². The number of benzene rings is 1. The highest BCUT2D eigenvalue weighted by atomic mass is 16.3. The number of hydrogen-bond acceptors (Lipinski definition) is 4. The van der Waals surface area contributed by atoms with Gasteiger partial charge in [0.15, 0.2) is 0 Å². The number of aliphatic hydroxyl groups is 1. The van der Waals surface area contributed by atoms with Crippen molar-refractivity contribution < 1.29 is 14.7 Å². The van der Waals surface area contributed by atoms with E-state index in [1.165, 1.54) is 12.5 Å². The van der Waals surface area contributed by atoms with Crippen molar-refractivity contribution in [2.75, 3.05) is 26.2 Å². The van der Waals surface area contributed by atoms with E-state index in [2.05, 4.69) is 12.1 Å². The lowest BCUT2D eigenvalue weighted by Gasteiger charge is -2.39. The summed E-state index contributed by atoms with van der Waals surface area (Å²) in [5.41, 5.74) is 7.08. The van der Waals surface area contributed by atoms with Crippen LogP contribution >= 0.6 is 0 Å². The number of carbonyl (C=O) groups is 2. The first kappa shape index (κ1) is 19.8. The summed E-state index contributed by atoms with van der Waals surface area (Å²) in [6, 6.07) is 9.49. The fourth-order valence-electron chi connectivity index (χ4n) is 4.26. The summed E-state index contributed by atoms with van der Waals surface area (Å²) in [5, 5.41) is 9.54. The molecule has 2 heterocycles. The zero-order chi connectivity index (χ0) is 19.4. The summed E-state index contributed by atoms with van der Waals surface area (Å²) in [5.74, 6) is 0.0485. The number of nitrogens with zero attached hydrogens (tertiary/aromatic N) is 2. The topological polar surface area (TPSA) is 86.9 Å². The van der Waals surface area contributed by atoms with Gasteiger partial charge in [-0.1, -0.05) is 30.3 Å². The molecule has 6 nitrogen and oxygen atoms in total. The predicted molar refractivity (Wildman–Crippen MR) is 104 cm³/mol. The van der Waals surface area contributed by atoms with Crippen molar-refractivity contribution in [1.29, 1.82) is 0 Å². The number of amides is 2. The van der Waals surface area contributed by atoms with Crippen LogP contribution in [0.25, 0.3) is 0 Å². The second-order valence-corrected chi connectivity index (χ2v) is 8.17. The maximum Gasteiger partial charge on any atom is 0.242 e. The van der Waals surface area contributed by atoms with Crippen LogP contribution in [-0.4, -0.2) is 65.0 Å². The summed E-state index contributed by atoms with van der Waals surface area (Å²) in [4.78, 5) is 28.5. The second-order valence-electron chi connectivity index (χ2n) is 8.17. The Hall–Kier alpha value is -1.92. The Morgan fingerprint density at radius 1 is 1.26 bits per heavy atom. The lowest BCUT2D eigenvalue weighted by atomic mass is 9.77. The van der Waals surface area contributed by atoms with Crippen molar-refractivity contribution in [3.05, 3.63) is 35.9 Å². The van der Waals surface area contributed by atoms with E-state index < -0.39 is 12.1 Å². The van der Waals surface area contributed by atoms with E-state index in [9.17, 15) is 14.7 Å². The monoisotopic (exact) mass is 373 g/mol. The SMILES string of the molecule is CC(O)C(N)C(=O)N1CCC2(CC1)CC(=O)N(CCCc1ccccc1)C2. The van der Waals surface area contributed by atoms with Gasteiger partial charge in [0.25, 0.3) is 0 Å². The van der Waals surface area contributed by atoms with Gasteiger partial charge in [0.2, 0.25) is 11.8 Å². The molecular formula is C21H31N3O3. The van der Waals surface area contributed by atoms with E-state index in [4.69, 9.17) is 5.73 Å². The van der Waals surface area contributed by atoms with E-state index >= 15 is 0 Å². The van der Waals surface area contributed by atoms with Crippen LogP contribution in [0.15, 0.2) is 30.3 Å². The zero-order valence-electron chi connectivity index (χ0n) is 16.1. The van der Waals surface area contributed by atoms with Gasteiger partial charge in [-0.25, -0.2) is 0 Å². The van der Waals surface area contributed by atoms with Crippen molar-refractivity contribution in [3.8, 4) is 0 Å². The van der Waals surface area contributed by atoms with E-state index in [1.807, 2.05) is 23.1 Å². The molecule has 27 heavy (non-hydrogen) atoms. The molecule has 1 aromatic carbocycles. The highest BCUT2D eigenvalue weighted by Gasteiger charge is 2.45. The highest BCUT2D eigenvalue weighted by Crippen LogP contribution is 2.41. The van der Waals surface area contributed by atoms with Gasteiger partial charge in [0, 0.05) is 38.0 Å². The van der Waals surface area contributed by atoms with E-state index in [0.29, 0.717) is 19.5 Å². The molecule has 3 rings (SSSR count). The molecule has 1 aromatic rings. The summed E-state index contributed by atoms with van der Waals surface area (Å²) >= 11 is 0. The molecule has 2 unspecified atom stereocenters. The van der Waals surface area contributed by atoms with Crippen molar-refractivity contribution in [1.82, 2.24) is 9.80 Å². The number of aliphatic hydroxyl groups excluding tert-OH is 1. The Morgan fingerprint density at radius 2 is 1.93 bits per heavy atom. The minimum Gasteiger partial charge on any atom is -0.391 e. The smallest absolute Gasteiger partial charge is 0.242 e. The number of hydrogen-bond donors (Lipinski definition) is 2. The van der Waals surface area contributed by atoms with Crippen LogP contribution < -0.4 is 5.73 Å². The van der Waals surface area contributed by atoms with Crippen molar-refractivity contribution >= 4 is 11.8 Å². The van der Waals surface area contributed by atoms with Crippen LogP contribution in [0.2, 0.25) is 0 Å². The van der Waals surface area contributed by atoms with Crippen LogP contribution in [0.5, 0.6) is 0 Å². The van der Waals surface area contributed by atoms with E-state index in [-0.39, 0.29) is 17.2 Å². The third-order valence-electron chi connectivity index (χ3n) is 6.08. The highest BCUT2D eigenvalue weighted by molar-refractivity contribution is 5.82. The molecule has 3 N–H and O–H groups in total. The minimum absolute atomic E-state index is 0.00443. The standard InChI is InChI=1S/C21H31N3O3/c1-16(25)19(22)20(27)23-12-9-21(10-13-23)14-18(26)24(15-21)11-5-8-17-6-3-2-4-7-17/h2-4,6-7,16,19,25H,5,8-15,22H2,1H3. The first-order valence-electron chi connectivity index (χ1n) is 9.94. The van der Waals surface area contributed by atoms with E-state index in [1.54, 1.807) is 4.90 Å². The number of carbonyl (C=O) groups excluding carboxylic acids is 2. The van der Waals surface area contributed by atoms with Gasteiger partial charge in [-0.15, -0.1) is 0 Å². The van der Waals surface area contributed by atoms with Gasteiger partial charge in [0.05, 0.1) is 6.10 Å². The molecule has 0 aliphatic carbocycles. The summed E-state index contributed by atoms with van der Waals surface area (Å²) < 4.78 is 0. The van der Waals surface area contributed by atoms with Gasteiger partial charge < -0.3 is 20.6 Å². The van der Waals surface area contributed by atoms with Gasteiger partial charge >= 0.3 is 0 Å².